The molecule has 0 saturated heterocycles. The molecule has 0 aliphatic carbocycles. The second kappa shape index (κ2) is 7.57. The SMILES string of the molecule is CC(C)c1ccc(CS(=O)(=O)CCCS(=O)(=O)N(C)C)cc1. The molecule has 5 nitrogen and oxygen atoms in total. The van der Waals surface area contributed by atoms with E-state index in [0.717, 1.165) is 9.87 Å². The minimum absolute atomic E-state index is 0.0482. The fraction of sp³-hybridized carbons (Fsp3) is 0.600. The van der Waals surface area contributed by atoms with Gasteiger partial charge in [0.1, 0.15) is 0 Å². The molecule has 0 spiro atoms. The molecule has 126 valence electrons. The van der Waals surface area contributed by atoms with Crippen molar-refractivity contribution in [3.63, 3.8) is 0 Å². The maximum Gasteiger partial charge on any atom is 0.213 e. The van der Waals surface area contributed by atoms with Gasteiger partial charge in [-0.05, 0) is 23.5 Å². The third kappa shape index (κ3) is 6.06. The van der Waals surface area contributed by atoms with Gasteiger partial charge in [0.15, 0.2) is 9.84 Å². The van der Waals surface area contributed by atoms with E-state index in [1.165, 1.54) is 19.7 Å². The normalized spacial score (nSPS) is 13.0. The van der Waals surface area contributed by atoms with Gasteiger partial charge >= 0.3 is 0 Å². The molecule has 0 amide bonds. The highest BCUT2D eigenvalue weighted by Crippen LogP contribution is 2.16. The van der Waals surface area contributed by atoms with Crippen molar-refractivity contribution in [1.82, 2.24) is 4.31 Å². The third-order valence-corrected chi connectivity index (χ3v) is 7.05. The zero-order valence-electron chi connectivity index (χ0n) is 13.6. The van der Waals surface area contributed by atoms with Gasteiger partial charge in [0, 0.05) is 14.1 Å². The van der Waals surface area contributed by atoms with E-state index in [1.54, 1.807) is 0 Å². The molecule has 7 heteroatoms. The Balaban J connectivity index is 2.61. The van der Waals surface area contributed by atoms with Crippen LogP contribution in [0.1, 0.15) is 37.3 Å². The van der Waals surface area contributed by atoms with Crippen LogP contribution in [0.25, 0.3) is 0 Å². The average molecular weight is 348 g/mol. The van der Waals surface area contributed by atoms with Gasteiger partial charge in [-0.1, -0.05) is 38.1 Å². The topological polar surface area (TPSA) is 71.5 Å². The van der Waals surface area contributed by atoms with Gasteiger partial charge in [-0.2, -0.15) is 0 Å². The number of hydrogen-bond donors (Lipinski definition) is 0. The molecule has 0 bridgehead atoms. The van der Waals surface area contributed by atoms with Crippen molar-refractivity contribution in [2.24, 2.45) is 0 Å². The van der Waals surface area contributed by atoms with Crippen LogP contribution in [0, 0.1) is 0 Å². The lowest BCUT2D eigenvalue weighted by Crippen LogP contribution is -2.26. The molecule has 22 heavy (non-hydrogen) atoms. The number of sulfone groups is 1. The first kappa shape index (κ1) is 19.1. The summed E-state index contributed by atoms with van der Waals surface area (Å²) in [5.74, 6) is 0.0900. The summed E-state index contributed by atoms with van der Waals surface area (Å²) in [6, 6.07) is 7.52. The summed E-state index contributed by atoms with van der Waals surface area (Å²) in [6.45, 7) is 4.16. The Labute approximate surface area is 134 Å². The van der Waals surface area contributed by atoms with E-state index in [2.05, 4.69) is 13.8 Å². The smallest absolute Gasteiger partial charge is 0.213 e. The first-order valence-corrected chi connectivity index (χ1v) is 10.7. The highest BCUT2D eigenvalue weighted by Gasteiger charge is 2.17. The lowest BCUT2D eigenvalue weighted by Gasteiger charge is -2.11. The second-order valence-electron chi connectivity index (χ2n) is 5.94. The first-order valence-electron chi connectivity index (χ1n) is 7.23. The minimum atomic E-state index is -3.34. The van der Waals surface area contributed by atoms with Gasteiger partial charge in [0.05, 0.1) is 17.3 Å². The lowest BCUT2D eigenvalue weighted by atomic mass is 10.0. The van der Waals surface area contributed by atoms with E-state index in [0.29, 0.717) is 5.92 Å². The van der Waals surface area contributed by atoms with Crippen LogP contribution in [0.3, 0.4) is 0 Å². The van der Waals surface area contributed by atoms with Gasteiger partial charge in [0.2, 0.25) is 10.0 Å². The zero-order valence-corrected chi connectivity index (χ0v) is 15.2. The minimum Gasteiger partial charge on any atom is -0.228 e. The van der Waals surface area contributed by atoms with Gasteiger partial charge in [0.25, 0.3) is 0 Å². The van der Waals surface area contributed by atoms with E-state index >= 15 is 0 Å². The summed E-state index contributed by atoms with van der Waals surface area (Å²) >= 11 is 0. The summed E-state index contributed by atoms with van der Waals surface area (Å²) < 4.78 is 48.5. The molecule has 0 aliphatic heterocycles. The Morgan fingerprint density at radius 1 is 0.955 bits per heavy atom. The fourth-order valence-electron chi connectivity index (χ4n) is 1.97. The van der Waals surface area contributed by atoms with Crippen LogP contribution in [0.2, 0.25) is 0 Å². The van der Waals surface area contributed by atoms with Crippen molar-refractivity contribution in [3.8, 4) is 0 Å². The summed E-state index contributed by atoms with van der Waals surface area (Å²) in [4.78, 5) is 0. The summed E-state index contributed by atoms with van der Waals surface area (Å²) in [6.07, 6.45) is 0.118. The quantitative estimate of drug-likeness (QED) is 0.721. The van der Waals surface area contributed by atoms with E-state index in [-0.39, 0.29) is 23.7 Å². The molecule has 0 heterocycles. The summed E-state index contributed by atoms with van der Waals surface area (Å²) in [7, 11) is -3.75. The van der Waals surface area contributed by atoms with Crippen molar-refractivity contribution in [2.45, 2.75) is 31.9 Å². The van der Waals surface area contributed by atoms with Crippen LogP contribution in [-0.2, 0) is 25.6 Å². The Morgan fingerprint density at radius 2 is 1.50 bits per heavy atom. The maximum atomic E-state index is 12.1. The van der Waals surface area contributed by atoms with Crippen LogP contribution < -0.4 is 0 Å². The first-order chi connectivity index (χ1) is 10.0. The predicted molar refractivity (Wildman–Crippen MR) is 90.1 cm³/mol. The Kier molecular flexibility index (Phi) is 6.58. The van der Waals surface area contributed by atoms with Crippen LogP contribution in [0.15, 0.2) is 24.3 Å². The monoisotopic (exact) mass is 347 g/mol. The lowest BCUT2D eigenvalue weighted by molar-refractivity contribution is 0.519. The highest BCUT2D eigenvalue weighted by molar-refractivity contribution is 7.91. The molecular weight excluding hydrogens is 322 g/mol. The number of sulfonamides is 1. The Bertz CT molecular complexity index is 675. The van der Waals surface area contributed by atoms with Crippen molar-refractivity contribution < 1.29 is 16.8 Å². The standard InChI is InChI=1S/C15H25NO4S2/c1-13(2)15-8-6-14(7-9-15)12-21(17,18)10-5-11-22(19,20)16(3)4/h6-9,13H,5,10-12H2,1-4H3. The van der Waals surface area contributed by atoms with Crippen LogP contribution in [-0.4, -0.2) is 46.7 Å². The van der Waals surface area contributed by atoms with Gasteiger partial charge in [-0.3, -0.25) is 0 Å². The number of benzene rings is 1. The number of nitrogens with zero attached hydrogens (tertiary/aromatic N) is 1. The van der Waals surface area contributed by atoms with Crippen molar-refractivity contribution in [3.05, 3.63) is 35.4 Å². The number of rotatable bonds is 8. The number of hydrogen-bond acceptors (Lipinski definition) is 4. The highest BCUT2D eigenvalue weighted by atomic mass is 32.2. The van der Waals surface area contributed by atoms with Gasteiger partial charge in [-0.15, -0.1) is 0 Å². The fourth-order valence-corrected chi connectivity index (χ4v) is 4.45. The molecule has 1 aromatic carbocycles. The molecule has 0 N–H and O–H groups in total. The third-order valence-electron chi connectivity index (χ3n) is 3.45. The van der Waals surface area contributed by atoms with Crippen LogP contribution >= 0.6 is 0 Å². The van der Waals surface area contributed by atoms with Gasteiger partial charge in [-0.25, -0.2) is 21.1 Å². The van der Waals surface area contributed by atoms with Crippen LogP contribution in [0.4, 0.5) is 0 Å². The molecule has 0 fully saturated rings. The molecule has 1 rings (SSSR count). The predicted octanol–water partition coefficient (Wildman–Crippen LogP) is 2.01. The molecule has 0 atom stereocenters. The summed E-state index contributed by atoms with van der Waals surface area (Å²) in [5.41, 5.74) is 1.90. The summed E-state index contributed by atoms with van der Waals surface area (Å²) in [5, 5.41) is 0. The molecule has 0 aromatic heterocycles. The molecule has 0 saturated carbocycles. The molecule has 1 aromatic rings. The largest absolute Gasteiger partial charge is 0.228 e. The van der Waals surface area contributed by atoms with Crippen molar-refractivity contribution in [1.29, 1.82) is 0 Å². The van der Waals surface area contributed by atoms with E-state index < -0.39 is 19.9 Å². The molecule has 0 aliphatic rings. The van der Waals surface area contributed by atoms with E-state index in [4.69, 9.17) is 0 Å². The van der Waals surface area contributed by atoms with Crippen LogP contribution in [0.5, 0.6) is 0 Å². The second-order valence-corrected chi connectivity index (χ2v) is 10.4. The Hall–Kier alpha value is -0.920. The average Bonchev–Trinajstić information content (AvgIpc) is 2.38. The van der Waals surface area contributed by atoms with E-state index in [1.807, 2.05) is 24.3 Å². The van der Waals surface area contributed by atoms with E-state index in [9.17, 15) is 16.8 Å². The zero-order chi connectivity index (χ0) is 17.0. The maximum absolute atomic E-state index is 12.1. The molecular formula is C15H25NO4S2. The van der Waals surface area contributed by atoms with Crippen molar-refractivity contribution >= 4 is 19.9 Å². The Morgan fingerprint density at radius 3 is 1.95 bits per heavy atom. The van der Waals surface area contributed by atoms with Crippen molar-refractivity contribution in [2.75, 3.05) is 25.6 Å². The molecule has 0 unspecified atom stereocenters. The molecule has 0 radical (unpaired) electrons. The van der Waals surface area contributed by atoms with Gasteiger partial charge < -0.3 is 0 Å².